The van der Waals surface area contributed by atoms with Gasteiger partial charge in [0.2, 0.25) is 10.0 Å². The molecule has 0 radical (unpaired) electrons. The summed E-state index contributed by atoms with van der Waals surface area (Å²) in [5.41, 5.74) is 0.563. The Morgan fingerprint density at radius 2 is 1.59 bits per heavy atom. The first-order valence-electron chi connectivity index (χ1n) is 6.33. The second-order valence-corrected chi connectivity index (χ2v) is 6.45. The molecule has 2 rings (SSSR count). The molecular formula is C15H13F2NO3S. The van der Waals surface area contributed by atoms with Crippen LogP contribution in [0.2, 0.25) is 0 Å². The highest BCUT2D eigenvalue weighted by Crippen LogP contribution is 2.13. The number of carbonyl (C=O) groups is 1. The van der Waals surface area contributed by atoms with Crippen molar-refractivity contribution in [1.29, 1.82) is 0 Å². The lowest BCUT2D eigenvalue weighted by molar-refractivity contribution is 0.101. The zero-order valence-corrected chi connectivity index (χ0v) is 12.5. The van der Waals surface area contributed by atoms with E-state index in [0.29, 0.717) is 11.6 Å². The molecule has 0 saturated heterocycles. The van der Waals surface area contributed by atoms with Gasteiger partial charge in [0.25, 0.3) is 0 Å². The third-order valence-corrected chi connectivity index (χ3v) is 4.38. The average molecular weight is 325 g/mol. The maximum Gasteiger partial charge on any atom is 0.240 e. The van der Waals surface area contributed by atoms with E-state index in [-0.39, 0.29) is 22.8 Å². The highest BCUT2D eigenvalue weighted by molar-refractivity contribution is 7.89. The molecule has 1 N–H and O–H groups in total. The first-order chi connectivity index (χ1) is 10.3. The number of hydrogen-bond donors (Lipinski definition) is 1. The van der Waals surface area contributed by atoms with Crippen LogP contribution < -0.4 is 4.72 Å². The molecule has 0 fully saturated rings. The SMILES string of the molecule is CC(=O)c1ccc(S(=O)(=O)NCc2cc(F)cc(F)c2)cc1. The summed E-state index contributed by atoms with van der Waals surface area (Å²) in [6.45, 7) is 1.13. The Balaban J connectivity index is 2.15. The maximum atomic E-state index is 13.0. The smallest absolute Gasteiger partial charge is 0.240 e. The molecule has 0 saturated carbocycles. The number of Topliss-reactive ketones (excluding diaryl/α,β-unsaturated/α-hetero) is 1. The van der Waals surface area contributed by atoms with Crippen LogP contribution in [0, 0.1) is 11.6 Å². The van der Waals surface area contributed by atoms with Gasteiger partial charge in [-0.3, -0.25) is 4.79 Å². The second-order valence-electron chi connectivity index (χ2n) is 4.68. The van der Waals surface area contributed by atoms with E-state index in [1.807, 2.05) is 0 Å². The molecule has 2 aromatic rings. The van der Waals surface area contributed by atoms with Crippen molar-refractivity contribution in [3.8, 4) is 0 Å². The fourth-order valence-corrected chi connectivity index (χ4v) is 2.86. The largest absolute Gasteiger partial charge is 0.295 e. The van der Waals surface area contributed by atoms with Gasteiger partial charge in [-0.25, -0.2) is 21.9 Å². The van der Waals surface area contributed by atoms with Crippen LogP contribution in [0.5, 0.6) is 0 Å². The van der Waals surface area contributed by atoms with Crippen molar-refractivity contribution in [1.82, 2.24) is 4.72 Å². The van der Waals surface area contributed by atoms with Crippen molar-refractivity contribution in [2.75, 3.05) is 0 Å². The molecule has 4 nitrogen and oxygen atoms in total. The first kappa shape index (κ1) is 16.3. The van der Waals surface area contributed by atoms with Crippen LogP contribution in [-0.4, -0.2) is 14.2 Å². The molecule has 116 valence electrons. The lowest BCUT2D eigenvalue weighted by atomic mass is 10.2. The Hall–Kier alpha value is -2.12. The van der Waals surface area contributed by atoms with Crippen molar-refractivity contribution in [2.24, 2.45) is 0 Å². The van der Waals surface area contributed by atoms with Gasteiger partial charge in [0.05, 0.1) is 4.90 Å². The van der Waals surface area contributed by atoms with Gasteiger partial charge in [-0.1, -0.05) is 12.1 Å². The highest BCUT2D eigenvalue weighted by atomic mass is 32.2. The van der Waals surface area contributed by atoms with E-state index < -0.39 is 21.7 Å². The molecule has 0 aromatic heterocycles. The summed E-state index contributed by atoms with van der Waals surface area (Å²) in [5.74, 6) is -1.73. The molecule has 0 unspecified atom stereocenters. The van der Waals surface area contributed by atoms with Gasteiger partial charge >= 0.3 is 0 Å². The number of nitrogens with one attached hydrogen (secondary N) is 1. The number of ketones is 1. The number of hydrogen-bond acceptors (Lipinski definition) is 3. The number of sulfonamides is 1. The average Bonchev–Trinajstić information content (AvgIpc) is 2.44. The van der Waals surface area contributed by atoms with Gasteiger partial charge in [0.1, 0.15) is 11.6 Å². The molecule has 2 aromatic carbocycles. The van der Waals surface area contributed by atoms with Crippen molar-refractivity contribution >= 4 is 15.8 Å². The fourth-order valence-electron chi connectivity index (χ4n) is 1.84. The van der Waals surface area contributed by atoms with Crippen LogP contribution in [-0.2, 0) is 16.6 Å². The van der Waals surface area contributed by atoms with Crippen molar-refractivity contribution in [3.63, 3.8) is 0 Å². The van der Waals surface area contributed by atoms with Crippen LogP contribution in [0.15, 0.2) is 47.4 Å². The molecule has 0 aliphatic rings. The lowest BCUT2D eigenvalue weighted by Crippen LogP contribution is -2.23. The summed E-state index contributed by atoms with van der Waals surface area (Å²) >= 11 is 0. The first-order valence-corrected chi connectivity index (χ1v) is 7.82. The number of rotatable bonds is 5. The van der Waals surface area contributed by atoms with Crippen LogP contribution in [0.25, 0.3) is 0 Å². The van der Waals surface area contributed by atoms with E-state index in [1.54, 1.807) is 0 Å². The Morgan fingerprint density at radius 1 is 1.05 bits per heavy atom. The molecule has 0 atom stereocenters. The van der Waals surface area contributed by atoms with Crippen LogP contribution in [0.1, 0.15) is 22.8 Å². The summed E-state index contributed by atoms with van der Waals surface area (Å²) < 4.78 is 52.5. The molecule has 0 heterocycles. The van der Waals surface area contributed by atoms with Crippen LogP contribution >= 0.6 is 0 Å². The van der Waals surface area contributed by atoms with Crippen molar-refractivity contribution < 1.29 is 22.0 Å². The Kier molecular flexibility index (Phi) is 4.68. The van der Waals surface area contributed by atoms with E-state index in [2.05, 4.69) is 4.72 Å². The lowest BCUT2D eigenvalue weighted by Gasteiger charge is -2.08. The predicted octanol–water partition coefficient (Wildman–Crippen LogP) is 2.65. The quantitative estimate of drug-likeness (QED) is 0.860. The van der Waals surface area contributed by atoms with Crippen molar-refractivity contribution in [3.05, 3.63) is 65.2 Å². The van der Waals surface area contributed by atoms with E-state index in [0.717, 1.165) is 12.1 Å². The zero-order valence-electron chi connectivity index (χ0n) is 11.6. The molecule has 0 aliphatic heterocycles. The summed E-state index contributed by atoms with van der Waals surface area (Å²) in [7, 11) is -3.83. The summed E-state index contributed by atoms with van der Waals surface area (Å²) in [4.78, 5) is 11.1. The molecule has 0 amide bonds. The molecule has 0 aliphatic carbocycles. The molecule has 7 heteroatoms. The van der Waals surface area contributed by atoms with Gasteiger partial charge in [-0.15, -0.1) is 0 Å². The monoisotopic (exact) mass is 325 g/mol. The highest BCUT2D eigenvalue weighted by Gasteiger charge is 2.14. The minimum absolute atomic E-state index is 0.0330. The van der Waals surface area contributed by atoms with E-state index in [4.69, 9.17) is 0 Å². The Bertz CT molecular complexity index is 782. The summed E-state index contributed by atoms with van der Waals surface area (Å²) in [6.07, 6.45) is 0. The number of benzene rings is 2. The van der Waals surface area contributed by atoms with Crippen LogP contribution in [0.4, 0.5) is 8.78 Å². The van der Waals surface area contributed by atoms with E-state index in [1.165, 1.54) is 31.2 Å². The second kappa shape index (κ2) is 6.33. The van der Waals surface area contributed by atoms with Gasteiger partial charge in [-0.05, 0) is 36.8 Å². The maximum absolute atomic E-state index is 13.0. The van der Waals surface area contributed by atoms with Gasteiger partial charge in [0.15, 0.2) is 5.78 Å². The van der Waals surface area contributed by atoms with Gasteiger partial charge < -0.3 is 0 Å². The normalized spacial score (nSPS) is 11.4. The zero-order chi connectivity index (χ0) is 16.3. The fraction of sp³-hybridized carbons (Fsp3) is 0.133. The predicted molar refractivity (Wildman–Crippen MR) is 76.8 cm³/mol. The number of halogens is 2. The Morgan fingerprint density at radius 3 is 2.09 bits per heavy atom. The molecule has 0 spiro atoms. The Labute approximate surface area is 126 Å². The molecule has 0 bridgehead atoms. The van der Waals surface area contributed by atoms with E-state index in [9.17, 15) is 22.0 Å². The molecule has 22 heavy (non-hydrogen) atoms. The standard InChI is InChI=1S/C15H13F2NO3S/c1-10(19)12-2-4-15(5-3-12)22(20,21)18-9-11-6-13(16)8-14(17)7-11/h2-8,18H,9H2,1H3. The third kappa shape index (κ3) is 3.96. The van der Waals surface area contributed by atoms with Gasteiger partial charge in [-0.2, -0.15) is 0 Å². The minimum atomic E-state index is -3.83. The van der Waals surface area contributed by atoms with Gasteiger partial charge in [0, 0.05) is 18.2 Å². The van der Waals surface area contributed by atoms with Crippen molar-refractivity contribution in [2.45, 2.75) is 18.4 Å². The van der Waals surface area contributed by atoms with Crippen LogP contribution in [0.3, 0.4) is 0 Å². The minimum Gasteiger partial charge on any atom is -0.295 e. The van der Waals surface area contributed by atoms with E-state index >= 15 is 0 Å². The molecular weight excluding hydrogens is 312 g/mol. The number of carbonyl (C=O) groups excluding carboxylic acids is 1. The topological polar surface area (TPSA) is 63.2 Å². The third-order valence-electron chi connectivity index (χ3n) is 2.96. The summed E-state index contributed by atoms with van der Waals surface area (Å²) in [5, 5.41) is 0. The summed E-state index contributed by atoms with van der Waals surface area (Å²) in [6, 6.07) is 8.20.